The molecule has 0 fully saturated rings. The largest absolute Gasteiger partial charge is 0.453 e. The molecule has 2 heterocycles. The molecule has 1 unspecified atom stereocenters. The van der Waals surface area contributed by atoms with E-state index in [1.807, 2.05) is 31.2 Å². The molecule has 25 heavy (non-hydrogen) atoms. The van der Waals surface area contributed by atoms with E-state index < -0.39 is 12.0 Å². The van der Waals surface area contributed by atoms with Crippen molar-refractivity contribution < 1.29 is 18.0 Å². The Morgan fingerprint density at radius 1 is 1.16 bits per heavy atom. The van der Waals surface area contributed by atoms with Crippen molar-refractivity contribution in [3.05, 3.63) is 58.7 Å². The van der Waals surface area contributed by atoms with Crippen molar-refractivity contribution in [3.8, 4) is 0 Å². The molecule has 0 saturated carbocycles. The zero-order valence-electron chi connectivity index (χ0n) is 13.2. The summed E-state index contributed by atoms with van der Waals surface area (Å²) in [6.45, 7) is 1.97. The number of fused-ring (bicyclic) bond motifs is 3. The zero-order chi connectivity index (χ0) is 17.8. The van der Waals surface area contributed by atoms with Gasteiger partial charge in [0.05, 0.1) is 11.3 Å². The first-order valence-electron chi connectivity index (χ1n) is 7.74. The van der Waals surface area contributed by atoms with Crippen LogP contribution in [0.25, 0.3) is 5.78 Å². The van der Waals surface area contributed by atoms with Gasteiger partial charge in [0.1, 0.15) is 0 Å². The van der Waals surface area contributed by atoms with Crippen LogP contribution in [0.2, 0.25) is 0 Å². The summed E-state index contributed by atoms with van der Waals surface area (Å²) < 4.78 is 39.7. The normalized spacial score (nSPS) is 17.8. The fourth-order valence-electron chi connectivity index (χ4n) is 3.14. The van der Waals surface area contributed by atoms with Crippen LogP contribution in [0.3, 0.4) is 0 Å². The van der Waals surface area contributed by atoms with E-state index in [0.29, 0.717) is 24.1 Å². The second-order valence-electron chi connectivity index (χ2n) is 6.20. The first-order valence-corrected chi connectivity index (χ1v) is 7.74. The first kappa shape index (κ1) is 15.7. The third-order valence-electron chi connectivity index (χ3n) is 4.44. The number of halogens is 3. The standard InChI is InChI=1S/C17H13F3N4O/c1-9-2-4-10(5-3-9)11-6-13-12(14(25)7-11)8-21-16-22-15(17(18,19)20)23-24(13)16/h2-5,8,11H,6-7H2,1H3. The SMILES string of the molecule is Cc1ccc(C2CC(=O)c3cnc4nc(C(F)(F)F)nn4c3C2)cc1. The topological polar surface area (TPSA) is 60.2 Å². The molecule has 8 heteroatoms. The van der Waals surface area contributed by atoms with E-state index in [9.17, 15) is 18.0 Å². The minimum atomic E-state index is -4.66. The van der Waals surface area contributed by atoms with Crippen LogP contribution in [-0.2, 0) is 12.6 Å². The molecule has 1 aliphatic rings. The Balaban J connectivity index is 1.82. The van der Waals surface area contributed by atoms with Crippen molar-refractivity contribution in [1.82, 2.24) is 19.6 Å². The monoisotopic (exact) mass is 346 g/mol. The van der Waals surface area contributed by atoms with Crippen LogP contribution in [0.4, 0.5) is 13.2 Å². The summed E-state index contributed by atoms with van der Waals surface area (Å²) in [5.41, 5.74) is 2.82. The van der Waals surface area contributed by atoms with E-state index >= 15 is 0 Å². The van der Waals surface area contributed by atoms with Crippen LogP contribution in [-0.4, -0.2) is 25.4 Å². The van der Waals surface area contributed by atoms with Gasteiger partial charge in [0.15, 0.2) is 5.78 Å². The van der Waals surface area contributed by atoms with E-state index in [1.165, 1.54) is 6.20 Å². The lowest BCUT2D eigenvalue weighted by atomic mass is 9.82. The smallest absolute Gasteiger partial charge is 0.294 e. The Kier molecular flexibility index (Phi) is 3.38. The number of aryl methyl sites for hydroxylation is 1. The molecule has 0 bridgehead atoms. The quantitative estimate of drug-likeness (QED) is 0.678. The van der Waals surface area contributed by atoms with Gasteiger partial charge < -0.3 is 0 Å². The first-order chi connectivity index (χ1) is 11.8. The number of carbonyl (C=O) groups excluding carboxylic acids is 1. The molecule has 4 rings (SSSR count). The highest BCUT2D eigenvalue weighted by molar-refractivity contribution is 5.98. The fraction of sp³-hybridized carbons (Fsp3) is 0.294. The Morgan fingerprint density at radius 2 is 1.88 bits per heavy atom. The van der Waals surface area contributed by atoms with Gasteiger partial charge in [0.2, 0.25) is 0 Å². The molecule has 2 aromatic heterocycles. The summed E-state index contributed by atoms with van der Waals surface area (Å²) in [4.78, 5) is 19.7. The molecule has 1 aromatic carbocycles. The van der Waals surface area contributed by atoms with Crippen LogP contribution in [0, 0.1) is 6.92 Å². The number of hydrogen-bond donors (Lipinski definition) is 0. The molecular formula is C17H13F3N4O. The van der Waals surface area contributed by atoms with Gasteiger partial charge in [0.25, 0.3) is 11.6 Å². The van der Waals surface area contributed by atoms with Gasteiger partial charge in [-0.15, -0.1) is 5.10 Å². The molecule has 0 radical (unpaired) electrons. The highest BCUT2D eigenvalue weighted by Gasteiger charge is 2.38. The molecule has 5 nitrogen and oxygen atoms in total. The molecule has 128 valence electrons. The molecule has 1 atom stereocenters. The second kappa shape index (κ2) is 5.37. The van der Waals surface area contributed by atoms with Crippen LogP contribution < -0.4 is 0 Å². The number of aromatic nitrogens is 4. The summed E-state index contributed by atoms with van der Waals surface area (Å²) in [7, 11) is 0. The Morgan fingerprint density at radius 3 is 2.56 bits per heavy atom. The predicted octanol–water partition coefficient (Wildman–Crippen LogP) is 3.36. The second-order valence-corrected chi connectivity index (χ2v) is 6.20. The van der Waals surface area contributed by atoms with Crippen molar-refractivity contribution in [3.63, 3.8) is 0 Å². The van der Waals surface area contributed by atoms with Crippen LogP contribution >= 0.6 is 0 Å². The number of Topliss-reactive ketones (excluding diaryl/α,β-unsaturated/α-hetero) is 1. The molecule has 1 aliphatic carbocycles. The molecule has 0 amide bonds. The third-order valence-corrected chi connectivity index (χ3v) is 4.44. The van der Waals surface area contributed by atoms with Gasteiger partial charge >= 0.3 is 6.18 Å². The fourth-order valence-corrected chi connectivity index (χ4v) is 3.14. The van der Waals surface area contributed by atoms with Crippen molar-refractivity contribution in [2.24, 2.45) is 0 Å². The maximum Gasteiger partial charge on any atom is 0.453 e. The van der Waals surface area contributed by atoms with Gasteiger partial charge in [0, 0.05) is 12.6 Å². The highest BCUT2D eigenvalue weighted by atomic mass is 19.4. The lowest BCUT2D eigenvalue weighted by molar-refractivity contribution is -0.144. The average Bonchev–Trinajstić information content (AvgIpc) is 3.00. The lowest BCUT2D eigenvalue weighted by Crippen LogP contribution is -2.22. The van der Waals surface area contributed by atoms with Crippen molar-refractivity contribution in [2.45, 2.75) is 31.9 Å². The molecule has 0 spiro atoms. The van der Waals surface area contributed by atoms with Crippen molar-refractivity contribution >= 4 is 11.6 Å². The summed E-state index contributed by atoms with van der Waals surface area (Å²) in [5, 5.41) is 3.54. The maximum atomic E-state index is 12.9. The van der Waals surface area contributed by atoms with Gasteiger partial charge in [-0.25, -0.2) is 9.50 Å². The maximum absolute atomic E-state index is 12.9. The highest BCUT2D eigenvalue weighted by Crippen LogP contribution is 2.33. The number of ketones is 1. The van der Waals surface area contributed by atoms with Crippen LogP contribution in [0.5, 0.6) is 0 Å². The summed E-state index contributed by atoms with van der Waals surface area (Å²) in [6.07, 6.45) is -2.66. The van der Waals surface area contributed by atoms with E-state index in [1.54, 1.807) is 0 Å². The van der Waals surface area contributed by atoms with Crippen LogP contribution in [0.1, 0.15) is 45.3 Å². The number of benzene rings is 1. The third kappa shape index (κ3) is 2.67. The van der Waals surface area contributed by atoms with E-state index in [2.05, 4.69) is 15.1 Å². The Hall–Kier alpha value is -2.77. The van der Waals surface area contributed by atoms with Crippen molar-refractivity contribution in [2.75, 3.05) is 0 Å². The molecule has 0 saturated heterocycles. The number of hydrogen-bond acceptors (Lipinski definition) is 4. The predicted molar refractivity (Wildman–Crippen MR) is 82.4 cm³/mol. The van der Waals surface area contributed by atoms with Gasteiger partial charge in [-0.3, -0.25) is 4.79 Å². The van der Waals surface area contributed by atoms with Gasteiger partial charge in [-0.1, -0.05) is 29.8 Å². The number of carbonyl (C=O) groups is 1. The van der Waals surface area contributed by atoms with E-state index in [-0.39, 0.29) is 17.5 Å². The van der Waals surface area contributed by atoms with Crippen LogP contribution in [0.15, 0.2) is 30.5 Å². The number of rotatable bonds is 1. The average molecular weight is 346 g/mol. The van der Waals surface area contributed by atoms with Gasteiger partial charge in [-0.05, 0) is 24.8 Å². The number of alkyl halides is 3. The van der Waals surface area contributed by atoms with E-state index in [0.717, 1.165) is 15.6 Å². The number of nitrogens with zero attached hydrogens (tertiary/aromatic N) is 4. The molecule has 0 N–H and O–H groups in total. The molecule has 0 aliphatic heterocycles. The summed E-state index contributed by atoms with van der Waals surface area (Å²) in [6, 6.07) is 7.79. The molecule has 3 aromatic rings. The van der Waals surface area contributed by atoms with E-state index in [4.69, 9.17) is 0 Å². The molecular weight excluding hydrogens is 333 g/mol. The summed E-state index contributed by atoms with van der Waals surface area (Å²) >= 11 is 0. The lowest BCUT2D eigenvalue weighted by Gasteiger charge is -2.24. The van der Waals surface area contributed by atoms with Crippen molar-refractivity contribution in [1.29, 1.82) is 0 Å². The minimum Gasteiger partial charge on any atom is -0.294 e. The Bertz CT molecular complexity index is 976. The zero-order valence-corrected chi connectivity index (χ0v) is 13.2. The Labute approximate surface area is 140 Å². The van der Waals surface area contributed by atoms with Gasteiger partial charge in [-0.2, -0.15) is 18.2 Å². The summed E-state index contributed by atoms with van der Waals surface area (Å²) in [5.74, 6) is -1.66. The minimum absolute atomic E-state index is 0.107.